The lowest BCUT2D eigenvalue weighted by Crippen LogP contribution is -2.31. The van der Waals surface area contributed by atoms with Gasteiger partial charge >= 0.3 is 0 Å². The molecular formula is C15H21NO2. The van der Waals surface area contributed by atoms with Crippen molar-refractivity contribution in [2.75, 3.05) is 13.2 Å². The smallest absolute Gasteiger partial charge is 0.176 e. The van der Waals surface area contributed by atoms with E-state index in [1.165, 1.54) is 25.7 Å². The van der Waals surface area contributed by atoms with Gasteiger partial charge in [0.25, 0.3) is 0 Å². The van der Waals surface area contributed by atoms with Crippen LogP contribution in [-0.4, -0.2) is 25.0 Å². The lowest BCUT2D eigenvalue weighted by atomic mass is 10.1. The number of rotatable bonds is 6. The van der Waals surface area contributed by atoms with Crippen LogP contribution in [0.4, 0.5) is 0 Å². The fourth-order valence-corrected chi connectivity index (χ4v) is 2.37. The van der Waals surface area contributed by atoms with Gasteiger partial charge in [-0.2, -0.15) is 0 Å². The molecule has 18 heavy (non-hydrogen) atoms. The average Bonchev–Trinajstić information content (AvgIpc) is 2.90. The molecule has 0 bridgehead atoms. The summed E-state index contributed by atoms with van der Waals surface area (Å²) in [6, 6.07) is 7.92. The molecule has 0 radical (unpaired) electrons. The van der Waals surface area contributed by atoms with Crippen LogP contribution in [0.3, 0.4) is 0 Å². The van der Waals surface area contributed by atoms with Crippen molar-refractivity contribution in [2.24, 2.45) is 0 Å². The summed E-state index contributed by atoms with van der Waals surface area (Å²) in [5, 5.41) is 3.34. The van der Waals surface area contributed by atoms with E-state index in [4.69, 9.17) is 4.74 Å². The van der Waals surface area contributed by atoms with Crippen molar-refractivity contribution in [3.8, 4) is 5.75 Å². The van der Waals surface area contributed by atoms with E-state index in [0.29, 0.717) is 19.2 Å². The van der Waals surface area contributed by atoms with Crippen LogP contribution in [0.2, 0.25) is 0 Å². The molecule has 0 heterocycles. The number of hydrogen-bond donors (Lipinski definition) is 1. The molecule has 1 N–H and O–H groups in total. The van der Waals surface area contributed by atoms with Gasteiger partial charge in [0, 0.05) is 11.6 Å². The van der Waals surface area contributed by atoms with E-state index in [9.17, 15) is 4.79 Å². The van der Waals surface area contributed by atoms with Crippen LogP contribution < -0.4 is 10.1 Å². The van der Waals surface area contributed by atoms with Gasteiger partial charge in [-0.15, -0.1) is 0 Å². The van der Waals surface area contributed by atoms with E-state index in [2.05, 4.69) is 5.32 Å². The zero-order chi connectivity index (χ0) is 12.8. The minimum atomic E-state index is 0.157. The molecule has 0 unspecified atom stereocenters. The summed E-state index contributed by atoms with van der Waals surface area (Å²) in [5.41, 5.74) is 0.754. The minimum absolute atomic E-state index is 0.157. The molecule has 0 amide bonds. The fraction of sp³-hybridized carbons (Fsp3) is 0.533. The molecule has 1 aliphatic rings. The van der Waals surface area contributed by atoms with Crippen molar-refractivity contribution < 1.29 is 9.53 Å². The SMILES string of the molecule is CCOc1ccc(C(=O)CNC2CCCC2)cc1. The van der Waals surface area contributed by atoms with Crippen molar-refractivity contribution in [3.63, 3.8) is 0 Å². The number of hydrogen-bond acceptors (Lipinski definition) is 3. The number of benzene rings is 1. The molecule has 1 aromatic carbocycles. The monoisotopic (exact) mass is 247 g/mol. The fourth-order valence-electron chi connectivity index (χ4n) is 2.37. The van der Waals surface area contributed by atoms with Gasteiger partial charge in [-0.3, -0.25) is 4.79 Å². The molecule has 98 valence electrons. The van der Waals surface area contributed by atoms with Gasteiger partial charge in [-0.1, -0.05) is 12.8 Å². The van der Waals surface area contributed by atoms with E-state index in [0.717, 1.165) is 11.3 Å². The molecule has 0 saturated heterocycles. The molecule has 0 spiro atoms. The Morgan fingerprint density at radius 3 is 2.56 bits per heavy atom. The molecule has 0 aromatic heterocycles. The quantitative estimate of drug-likeness (QED) is 0.786. The molecule has 0 atom stereocenters. The summed E-state index contributed by atoms with van der Waals surface area (Å²) < 4.78 is 5.35. The highest BCUT2D eigenvalue weighted by molar-refractivity contribution is 5.97. The van der Waals surface area contributed by atoms with Gasteiger partial charge in [0.2, 0.25) is 0 Å². The minimum Gasteiger partial charge on any atom is -0.494 e. The molecule has 1 fully saturated rings. The standard InChI is InChI=1S/C15H21NO2/c1-2-18-14-9-7-12(8-10-14)15(17)11-16-13-5-3-4-6-13/h7-10,13,16H,2-6,11H2,1H3. The number of carbonyl (C=O) groups is 1. The van der Waals surface area contributed by atoms with Crippen molar-refractivity contribution in [3.05, 3.63) is 29.8 Å². The number of ketones is 1. The first-order chi connectivity index (χ1) is 8.79. The Balaban J connectivity index is 1.83. The van der Waals surface area contributed by atoms with E-state index in [-0.39, 0.29) is 5.78 Å². The lowest BCUT2D eigenvalue weighted by molar-refractivity contribution is 0.0987. The Kier molecular flexibility index (Phi) is 4.76. The van der Waals surface area contributed by atoms with Gasteiger partial charge in [0.05, 0.1) is 13.2 Å². The molecular weight excluding hydrogens is 226 g/mol. The number of ether oxygens (including phenoxy) is 1. The van der Waals surface area contributed by atoms with E-state index >= 15 is 0 Å². The summed E-state index contributed by atoms with van der Waals surface area (Å²) in [5.74, 6) is 0.975. The molecule has 2 rings (SSSR count). The average molecular weight is 247 g/mol. The maximum Gasteiger partial charge on any atom is 0.176 e. The Hall–Kier alpha value is -1.35. The molecule has 3 nitrogen and oxygen atoms in total. The number of nitrogens with one attached hydrogen (secondary N) is 1. The summed E-state index contributed by atoms with van der Waals surface area (Å²) >= 11 is 0. The van der Waals surface area contributed by atoms with Gasteiger partial charge in [0.1, 0.15) is 5.75 Å². The zero-order valence-electron chi connectivity index (χ0n) is 10.9. The number of Topliss-reactive ketones (excluding diaryl/α,β-unsaturated/α-hetero) is 1. The largest absolute Gasteiger partial charge is 0.494 e. The Morgan fingerprint density at radius 2 is 1.94 bits per heavy atom. The maximum atomic E-state index is 12.0. The predicted molar refractivity (Wildman–Crippen MR) is 72.2 cm³/mol. The summed E-state index contributed by atoms with van der Waals surface area (Å²) in [4.78, 5) is 12.0. The normalized spacial score (nSPS) is 15.8. The van der Waals surface area contributed by atoms with Crippen molar-refractivity contribution in [1.82, 2.24) is 5.32 Å². The highest BCUT2D eigenvalue weighted by atomic mass is 16.5. The van der Waals surface area contributed by atoms with Gasteiger partial charge < -0.3 is 10.1 Å². The second-order valence-corrected chi connectivity index (χ2v) is 4.74. The first-order valence-corrected chi connectivity index (χ1v) is 6.79. The maximum absolute atomic E-state index is 12.0. The summed E-state index contributed by atoms with van der Waals surface area (Å²) in [6.07, 6.45) is 4.98. The Morgan fingerprint density at radius 1 is 1.28 bits per heavy atom. The van der Waals surface area contributed by atoms with Crippen molar-refractivity contribution in [1.29, 1.82) is 0 Å². The summed E-state index contributed by atoms with van der Waals surface area (Å²) in [7, 11) is 0. The van der Waals surface area contributed by atoms with Crippen LogP contribution in [0.1, 0.15) is 43.0 Å². The molecule has 1 aliphatic carbocycles. The van der Waals surface area contributed by atoms with Gasteiger partial charge in [-0.05, 0) is 44.0 Å². The van der Waals surface area contributed by atoms with E-state index in [1.807, 2.05) is 31.2 Å². The topological polar surface area (TPSA) is 38.3 Å². The van der Waals surface area contributed by atoms with Crippen LogP contribution in [-0.2, 0) is 0 Å². The molecule has 1 aromatic rings. The molecule has 3 heteroatoms. The molecule has 1 saturated carbocycles. The third-order valence-electron chi connectivity index (χ3n) is 3.39. The first kappa shape index (κ1) is 13.1. The van der Waals surface area contributed by atoms with E-state index in [1.54, 1.807) is 0 Å². The number of carbonyl (C=O) groups excluding carboxylic acids is 1. The van der Waals surface area contributed by atoms with Gasteiger partial charge in [-0.25, -0.2) is 0 Å². The van der Waals surface area contributed by atoms with Crippen LogP contribution in [0.15, 0.2) is 24.3 Å². The van der Waals surface area contributed by atoms with Crippen LogP contribution >= 0.6 is 0 Å². The van der Waals surface area contributed by atoms with Crippen molar-refractivity contribution in [2.45, 2.75) is 38.6 Å². The third kappa shape index (κ3) is 3.57. The molecule has 0 aliphatic heterocycles. The highest BCUT2D eigenvalue weighted by Crippen LogP contribution is 2.17. The second kappa shape index (κ2) is 6.55. The lowest BCUT2D eigenvalue weighted by Gasteiger charge is -2.11. The predicted octanol–water partition coefficient (Wildman–Crippen LogP) is 2.80. The summed E-state index contributed by atoms with van der Waals surface area (Å²) in [6.45, 7) is 3.04. The zero-order valence-corrected chi connectivity index (χ0v) is 10.9. The second-order valence-electron chi connectivity index (χ2n) is 4.74. The highest BCUT2D eigenvalue weighted by Gasteiger charge is 2.15. The Labute approximate surface area is 109 Å². The Bertz CT molecular complexity index is 380. The van der Waals surface area contributed by atoms with Crippen LogP contribution in [0.25, 0.3) is 0 Å². The first-order valence-electron chi connectivity index (χ1n) is 6.79. The third-order valence-corrected chi connectivity index (χ3v) is 3.39. The van der Waals surface area contributed by atoms with E-state index < -0.39 is 0 Å². The van der Waals surface area contributed by atoms with Crippen molar-refractivity contribution >= 4 is 5.78 Å². The van der Waals surface area contributed by atoms with Crippen LogP contribution in [0.5, 0.6) is 5.75 Å². The van der Waals surface area contributed by atoms with Crippen LogP contribution in [0, 0.1) is 0 Å². The van der Waals surface area contributed by atoms with Gasteiger partial charge in [0.15, 0.2) is 5.78 Å².